The van der Waals surface area contributed by atoms with Crippen LogP contribution in [-0.2, 0) is 13.0 Å². The molecule has 19 heavy (non-hydrogen) atoms. The highest BCUT2D eigenvalue weighted by Crippen LogP contribution is 2.21. The highest BCUT2D eigenvalue weighted by atomic mass is 79.9. The van der Waals surface area contributed by atoms with E-state index in [9.17, 15) is 0 Å². The van der Waals surface area contributed by atoms with Crippen molar-refractivity contribution >= 4 is 27.1 Å². The smallest absolute Gasteiger partial charge is 0.160 e. The molecule has 96 valence electrons. The molecular formula is C15H14BrN3. The van der Waals surface area contributed by atoms with E-state index in [1.165, 1.54) is 5.56 Å². The molecule has 0 aliphatic heterocycles. The van der Waals surface area contributed by atoms with Crippen LogP contribution in [0, 0.1) is 0 Å². The molecule has 3 rings (SSSR count). The van der Waals surface area contributed by atoms with Crippen LogP contribution in [0.2, 0.25) is 0 Å². The standard InChI is InChI=1S/C15H14BrN3/c1-2-14-18-13-8-5-9-17-15(13)19(14)10-11-6-3-4-7-12(11)16/h3-9H,2,10H2,1H3. The summed E-state index contributed by atoms with van der Waals surface area (Å²) < 4.78 is 3.31. The Balaban J connectivity index is 2.12. The van der Waals surface area contributed by atoms with Crippen LogP contribution >= 0.6 is 15.9 Å². The van der Waals surface area contributed by atoms with E-state index in [4.69, 9.17) is 0 Å². The number of rotatable bonds is 3. The molecule has 0 unspecified atom stereocenters. The van der Waals surface area contributed by atoms with Crippen LogP contribution in [0.3, 0.4) is 0 Å². The second kappa shape index (κ2) is 5.13. The van der Waals surface area contributed by atoms with Crippen LogP contribution in [0.25, 0.3) is 11.2 Å². The van der Waals surface area contributed by atoms with Crippen molar-refractivity contribution in [1.82, 2.24) is 14.5 Å². The van der Waals surface area contributed by atoms with Crippen LogP contribution in [0.5, 0.6) is 0 Å². The predicted molar refractivity (Wildman–Crippen MR) is 80.2 cm³/mol. The van der Waals surface area contributed by atoms with Crippen LogP contribution in [0.4, 0.5) is 0 Å². The first kappa shape index (κ1) is 12.4. The summed E-state index contributed by atoms with van der Waals surface area (Å²) in [5.74, 6) is 1.07. The molecule has 0 saturated heterocycles. The monoisotopic (exact) mass is 315 g/mol. The molecule has 1 aromatic carbocycles. The first-order valence-corrected chi connectivity index (χ1v) is 7.12. The maximum absolute atomic E-state index is 4.64. The van der Waals surface area contributed by atoms with Gasteiger partial charge in [0.25, 0.3) is 0 Å². The average molecular weight is 316 g/mol. The molecule has 0 aliphatic carbocycles. The van der Waals surface area contributed by atoms with E-state index in [2.05, 4.69) is 55.6 Å². The van der Waals surface area contributed by atoms with Crippen molar-refractivity contribution in [2.45, 2.75) is 19.9 Å². The van der Waals surface area contributed by atoms with Gasteiger partial charge in [0.2, 0.25) is 0 Å². The third kappa shape index (κ3) is 2.28. The first-order chi connectivity index (χ1) is 9.29. The Morgan fingerprint density at radius 3 is 2.79 bits per heavy atom. The van der Waals surface area contributed by atoms with E-state index in [1.807, 2.05) is 24.4 Å². The summed E-state index contributed by atoms with van der Waals surface area (Å²) in [5, 5.41) is 0. The highest BCUT2D eigenvalue weighted by Gasteiger charge is 2.11. The fourth-order valence-electron chi connectivity index (χ4n) is 2.24. The van der Waals surface area contributed by atoms with Crippen LogP contribution in [-0.4, -0.2) is 14.5 Å². The van der Waals surface area contributed by atoms with Gasteiger partial charge in [-0.2, -0.15) is 0 Å². The first-order valence-electron chi connectivity index (χ1n) is 6.33. The van der Waals surface area contributed by atoms with Gasteiger partial charge in [-0.05, 0) is 23.8 Å². The molecule has 2 heterocycles. The number of nitrogens with zero attached hydrogens (tertiary/aromatic N) is 3. The van der Waals surface area contributed by atoms with Gasteiger partial charge in [-0.15, -0.1) is 0 Å². The molecule has 0 N–H and O–H groups in total. The van der Waals surface area contributed by atoms with Gasteiger partial charge >= 0.3 is 0 Å². The van der Waals surface area contributed by atoms with E-state index in [1.54, 1.807) is 0 Å². The van der Waals surface area contributed by atoms with Gasteiger partial charge in [-0.3, -0.25) is 0 Å². The van der Waals surface area contributed by atoms with Crippen molar-refractivity contribution in [2.75, 3.05) is 0 Å². The zero-order valence-corrected chi connectivity index (χ0v) is 12.3. The van der Waals surface area contributed by atoms with Gasteiger partial charge in [-0.25, -0.2) is 9.97 Å². The third-order valence-electron chi connectivity index (χ3n) is 3.19. The van der Waals surface area contributed by atoms with Gasteiger partial charge in [0.15, 0.2) is 5.65 Å². The summed E-state index contributed by atoms with van der Waals surface area (Å²) in [5.41, 5.74) is 3.16. The Bertz CT molecular complexity index is 718. The van der Waals surface area contributed by atoms with Crippen molar-refractivity contribution in [3.63, 3.8) is 0 Å². The normalized spacial score (nSPS) is 11.1. The Kier molecular flexibility index (Phi) is 3.34. The van der Waals surface area contributed by atoms with Crippen molar-refractivity contribution < 1.29 is 0 Å². The number of aryl methyl sites for hydroxylation is 1. The minimum Gasteiger partial charge on any atom is -0.308 e. The molecule has 0 fully saturated rings. The second-order valence-corrected chi connectivity index (χ2v) is 5.26. The van der Waals surface area contributed by atoms with Gasteiger partial charge < -0.3 is 4.57 Å². The third-order valence-corrected chi connectivity index (χ3v) is 3.96. The van der Waals surface area contributed by atoms with Gasteiger partial charge in [-0.1, -0.05) is 41.1 Å². The Hall–Kier alpha value is -1.68. The van der Waals surface area contributed by atoms with Crippen LogP contribution in [0.1, 0.15) is 18.3 Å². The van der Waals surface area contributed by atoms with Gasteiger partial charge in [0.05, 0.1) is 6.54 Å². The van der Waals surface area contributed by atoms with Gasteiger partial charge in [0, 0.05) is 17.1 Å². The fraction of sp³-hybridized carbons (Fsp3) is 0.200. The van der Waals surface area contributed by atoms with E-state index < -0.39 is 0 Å². The lowest BCUT2D eigenvalue weighted by Crippen LogP contribution is -2.05. The molecule has 0 aliphatic rings. The lowest BCUT2D eigenvalue weighted by Gasteiger charge is -2.09. The Labute approximate surface area is 120 Å². The van der Waals surface area contributed by atoms with Crippen molar-refractivity contribution in [3.8, 4) is 0 Å². The summed E-state index contributed by atoms with van der Waals surface area (Å²) in [6, 6.07) is 12.2. The molecule has 0 saturated carbocycles. The molecule has 4 heteroatoms. The van der Waals surface area contributed by atoms with Crippen molar-refractivity contribution in [2.24, 2.45) is 0 Å². The zero-order chi connectivity index (χ0) is 13.2. The Morgan fingerprint density at radius 2 is 2.00 bits per heavy atom. The fourth-order valence-corrected chi connectivity index (χ4v) is 2.65. The quantitative estimate of drug-likeness (QED) is 0.736. The van der Waals surface area contributed by atoms with Crippen LogP contribution in [0.15, 0.2) is 47.1 Å². The lowest BCUT2D eigenvalue weighted by molar-refractivity contribution is 0.744. The molecule has 3 aromatic rings. The van der Waals surface area contributed by atoms with Crippen molar-refractivity contribution in [1.29, 1.82) is 0 Å². The second-order valence-electron chi connectivity index (χ2n) is 4.41. The number of fused-ring (bicyclic) bond motifs is 1. The van der Waals surface area contributed by atoms with Crippen molar-refractivity contribution in [3.05, 3.63) is 58.5 Å². The van der Waals surface area contributed by atoms with Crippen LogP contribution < -0.4 is 0 Å². The summed E-state index contributed by atoms with van der Waals surface area (Å²) in [4.78, 5) is 9.10. The summed E-state index contributed by atoms with van der Waals surface area (Å²) in [7, 11) is 0. The molecule has 0 spiro atoms. The molecule has 2 aromatic heterocycles. The number of hydrogen-bond donors (Lipinski definition) is 0. The molecule has 0 bridgehead atoms. The number of aromatic nitrogens is 3. The topological polar surface area (TPSA) is 30.7 Å². The lowest BCUT2D eigenvalue weighted by atomic mass is 10.2. The number of benzene rings is 1. The minimum atomic E-state index is 0.790. The maximum Gasteiger partial charge on any atom is 0.160 e. The number of pyridine rings is 1. The average Bonchev–Trinajstić information content (AvgIpc) is 2.79. The summed E-state index contributed by atoms with van der Waals surface area (Å²) >= 11 is 3.60. The van der Waals surface area contributed by atoms with E-state index in [-0.39, 0.29) is 0 Å². The SMILES string of the molecule is CCc1nc2cccnc2n1Cc1ccccc1Br. The molecule has 0 amide bonds. The largest absolute Gasteiger partial charge is 0.308 e. The summed E-state index contributed by atoms with van der Waals surface area (Å²) in [6.07, 6.45) is 2.72. The Morgan fingerprint density at radius 1 is 1.16 bits per heavy atom. The zero-order valence-electron chi connectivity index (χ0n) is 10.7. The number of halogens is 1. The minimum absolute atomic E-state index is 0.790. The number of imidazole rings is 1. The maximum atomic E-state index is 4.64. The van der Waals surface area contributed by atoms with Gasteiger partial charge in [0.1, 0.15) is 11.3 Å². The molecular weight excluding hydrogens is 302 g/mol. The molecule has 0 atom stereocenters. The molecule has 3 nitrogen and oxygen atoms in total. The van der Waals surface area contributed by atoms with E-state index in [0.717, 1.165) is 34.4 Å². The predicted octanol–water partition coefficient (Wildman–Crippen LogP) is 3.80. The highest BCUT2D eigenvalue weighted by molar-refractivity contribution is 9.10. The van der Waals surface area contributed by atoms with E-state index in [0.29, 0.717) is 0 Å². The molecule has 0 radical (unpaired) electrons. The summed E-state index contributed by atoms with van der Waals surface area (Å²) in [6.45, 7) is 2.91. The number of hydrogen-bond acceptors (Lipinski definition) is 2. The van der Waals surface area contributed by atoms with E-state index >= 15 is 0 Å².